The van der Waals surface area contributed by atoms with Gasteiger partial charge in [0.2, 0.25) is 0 Å². The van der Waals surface area contributed by atoms with Crippen molar-refractivity contribution in [2.24, 2.45) is 0 Å². The van der Waals surface area contributed by atoms with Gasteiger partial charge in [-0.2, -0.15) is 0 Å². The first-order valence-electron chi connectivity index (χ1n) is 21.0. The van der Waals surface area contributed by atoms with E-state index in [1.54, 1.807) is 6.08 Å². The fourth-order valence-corrected chi connectivity index (χ4v) is 5.66. The average molecular weight is 715 g/mol. The van der Waals surface area contributed by atoms with E-state index in [9.17, 15) is 19.8 Å². The summed E-state index contributed by atoms with van der Waals surface area (Å²) < 4.78 is 10.6. The maximum absolute atomic E-state index is 12.2. The van der Waals surface area contributed by atoms with Gasteiger partial charge in [-0.15, -0.1) is 0 Å². The lowest BCUT2D eigenvalue weighted by Crippen LogP contribution is -2.28. The summed E-state index contributed by atoms with van der Waals surface area (Å²) >= 11 is 0. The lowest BCUT2D eigenvalue weighted by atomic mass is 10.0. The van der Waals surface area contributed by atoms with Crippen molar-refractivity contribution in [3.05, 3.63) is 60.8 Å². The zero-order valence-electron chi connectivity index (χ0n) is 33.0. The average Bonchev–Trinajstić information content (AvgIpc) is 3.13. The summed E-state index contributed by atoms with van der Waals surface area (Å²) in [5, 5.41) is 19.0. The molecule has 0 aromatic heterocycles. The summed E-state index contributed by atoms with van der Waals surface area (Å²) in [6, 6.07) is 0. The Hall–Kier alpha value is -2.44. The van der Waals surface area contributed by atoms with Crippen molar-refractivity contribution in [2.75, 3.05) is 13.2 Å². The fourth-order valence-electron chi connectivity index (χ4n) is 5.66. The van der Waals surface area contributed by atoms with E-state index in [1.165, 1.54) is 103 Å². The molecule has 51 heavy (non-hydrogen) atoms. The van der Waals surface area contributed by atoms with Gasteiger partial charge in [-0.1, -0.05) is 190 Å². The van der Waals surface area contributed by atoms with Gasteiger partial charge in [-0.3, -0.25) is 9.59 Å². The Bertz CT molecular complexity index is 918. The number of carbonyl (C=O) groups excluding carboxylic acids is 2. The standard InChI is InChI=1S/C45H78O6/c1-3-5-6-7-8-9-10-11-12-13-14-15-16-20-23-26-29-32-35-38-44(48)50-41-43(40-46)51-45(49)39-36-33-30-27-24-21-18-17-19-22-25-28-31-34-37-42(47)4-2/h18-19,21-22,27-28,30-31,34,37,42-43,46-47H,3-17,20,23-26,29,32-33,35-36,38-41H2,1-2H3/b21-18-,22-19-,30-27-,31-28-,37-34+/t42-,43+/m1/s1. The number of esters is 2. The van der Waals surface area contributed by atoms with Gasteiger partial charge in [0.25, 0.3) is 0 Å². The van der Waals surface area contributed by atoms with Crippen molar-refractivity contribution >= 4 is 11.9 Å². The fraction of sp³-hybridized carbons (Fsp3) is 0.733. The second kappa shape index (κ2) is 40.3. The van der Waals surface area contributed by atoms with Gasteiger partial charge in [-0.25, -0.2) is 0 Å². The first kappa shape index (κ1) is 48.6. The number of rotatable bonds is 37. The topological polar surface area (TPSA) is 93.1 Å². The molecular formula is C45H78O6. The molecule has 0 saturated heterocycles. The van der Waals surface area contributed by atoms with Crippen molar-refractivity contribution in [3.8, 4) is 0 Å². The number of unbranched alkanes of at least 4 members (excludes halogenated alkanes) is 19. The number of hydrogen-bond acceptors (Lipinski definition) is 6. The first-order valence-corrected chi connectivity index (χ1v) is 21.0. The zero-order chi connectivity index (χ0) is 37.3. The molecule has 0 saturated carbocycles. The van der Waals surface area contributed by atoms with Gasteiger partial charge in [0.1, 0.15) is 6.61 Å². The van der Waals surface area contributed by atoms with Crippen LogP contribution in [0.3, 0.4) is 0 Å². The Morgan fingerprint density at radius 2 is 1.00 bits per heavy atom. The van der Waals surface area contributed by atoms with Gasteiger partial charge in [-0.05, 0) is 44.9 Å². The molecule has 0 aliphatic rings. The van der Waals surface area contributed by atoms with Gasteiger partial charge in [0, 0.05) is 12.8 Å². The SMILES string of the molecule is CCCCCCCCCCCCCCCCCCCCCC(=O)OC[C@H](CO)OC(=O)CCC/C=C\C/C=C\C/C=C\C/C=C\C=C\[C@H](O)CC. The second-order valence-electron chi connectivity index (χ2n) is 13.9. The Morgan fingerprint density at radius 1 is 0.549 bits per heavy atom. The molecule has 6 nitrogen and oxygen atoms in total. The lowest BCUT2D eigenvalue weighted by Gasteiger charge is -2.15. The van der Waals surface area contributed by atoms with Crippen LogP contribution in [0.4, 0.5) is 0 Å². The van der Waals surface area contributed by atoms with Crippen LogP contribution in [0.25, 0.3) is 0 Å². The summed E-state index contributed by atoms with van der Waals surface area (Å²) in [5.41, 5.74) is 0. The van der Waals surface area contributed by atoms with Crippen LogP contribution in [0, 0.1) is 0 Å². The molecule has 0 heterocycles. The molecule has 0 spiro atoms. The van der Waals surface area contributed by atoms with Crippen molar-refractivity contribution < 1.29 is 29.3 Å². The van der Waals surface area contributed by atoms with Crippen LogP contribution in [0.5, 0.6) is 0 Å². The third-order valence-corrected chi connectivity index (χ3v) is 8.98. The highest BCUT2D eigenvalue weighted by Gasteiger charge is 2.16. The molecule has 294 valence electrons. The molecule has 0 bridgehead atoms. The number of hydrogen-bond donors (Lipinski definition) is 2. The molecule has 0 radical (unpaired) electrons. The highest BCUT2D eigenvalue weighted by Crippen LogP contribution is 2.15. The van der Waals surface area contributed by atoms with Crippen LogP contribution < -0.4 is 0 Å². The molecule has 6 heteroatoms. The predicted octanol–water partition coefficient (Wildman–Crippen LogP) is 12.1. The lowest BCUT2D eigenvalue weighted by molar-refractivity contribution is -0.161. The maximum atomic E-state index is 12.2. The molecule has 0 aromatic rings. The van der Waals surface area contributed by atoms with E-state index in [1.807, 2.05) is 19.1 Å². The molecule has 0 fully saturated rings. The molecule has 0 rings (SSSR count). The summed E-state index contributed by atoms with van der Waals surface area (Å²) in [4.78, 5) is 24.3. The third-order valence-electron chi connectivity index (χ3n) is 8.98. The van der Waals surface area contributed by atoms with E-state index in [4.69, 9.17) is 9.47 Å². The zero-order valence-corrected chi connectivity index (χ0v) is 33.0. The number of aliphatic hydroxyl groups is 2. The van der Waals surface area contributed by atoms with Crippen molar-refractivity contribution in [1.29, 1.82) is 0 Å². The predicted molar refractivity (Wildman–Crippen MR) is 216 cm³/mol. The highest BCUT2D eigenvalue weighted by molar-refractivity contribution is 5.70. The summed E-state index contributed by atoms with van der Waals surface area (Å²) in [6.07, 6.45) is 49.6. The molecule has 0 unspecified atom stereocenters. The Balaban J connectivity index is 3.64. The van der Waals surface area contributed by atoms with E-state index in [2.05, 4.69) is 49.5 Å². The molecular weight excluding hydrogens is 636 g/mol. The second-order valence-corrected chi connectivity index (χ2v) is 13.9. The van der Waals surface area contributed by atoms with E-state index in [0.717, 1.165) is 51.4 Å². The minimum Gasteiger partial charge on any atom is -0.462 e. The van der Waals surface area contributed by atoms with Crippen molar-refractivity contribution in [1.82, 2.24) is 0 Å². The molecule has 0 amide bonds. The third kappa shape index (κ3) is 38.6. The summed E-state index contributed by atoms with van der Waals surface area (Å²) in [6.45, 7) is 3.77. The maximum Gasteiger partial charge on any atom is 0.306 e. The first-order chi connectivity index (χ1) is 25.0. The van der Waals surface area contributed by atoms with Gasteiger partial charge < -0.3 is 19.7 Å². The van der Waals surface area contributed by atoms with Gasteiger partial charge in [0.15, 0.2) is 6.10 Å². The number of aliphatic hydroxyl groups excluding tert-OH is 2. The Morgan fingerprint density at radius 3 is 1.49 bits per heavy atom. The van der Waals surface area contributed by atoms with Crippen LogP contribution in [0.2, 0.25) is 0 Å². The highest BCUT2D eigenvalue weighted by atomic mass is 16.6. The smallest absolute Gasteiger partial charge is 0.306 e. The van der Waals surface area contributed by atoms with Crippen molar-refractivity contribution in [3.63, 3.8) is 0 Å². The minimum absolute atomic E-state index is 0.0975. The molecule has 0 aromatic carbocycles. The largest absolute Gasteiger partial charge is 0.462 e. The number of ether oxygens (including phenoxy) is 2. The van der Waals surface area contributed by atoms with Crippen LogP contribution in [-0.2, 0) is 19.1 Å². The van der Waals surface area contributed by atoms with Gasteiger partial charge in [0.05, 0.1) is 12.7 Å². The van der Waals surface area contributed by atoms with Gasteiger partial charge >= 0.3 is 11.9 Å². The van der Waals surface area contributed by atoms with Crippen LogP contribution in [0.15, 0.2) is 60.8 Å². The Labute approximate surface area is 313 Å². The van der Waals surface area contributed by atoms with E-state index in [0.29, 0.717) is 12.8 Å². The van der Waals surface area contributed by atoms with E-state index in [-0.39, 0.29) is 37.7 Å². The number of allylic oxidation sites excluding steroid dienone is 9. The molecule has 2 atom stereocenters. The summed E-state index contributed by atoms with van der Waals surface area (Å²) in [7, 11) is 0. The molecule has 0 aliphatic heterocycles. The summed E-state index contributed by atoms with van der Waals surface area (Å²) in [5.74, 6) is -0.676. The van der Waals surface area contributed by atoms with Crippen LogP contribution in [-0.4, -0.2) is 47.6 Å². The van der Waals surface area contributed by atoms with E-state index < -0.39 is 6.10 Å². The van der Waals surface area contributed by atoms with Crippen molar-refractivity contribution in [2.45, 2.75) is 199 Å². The minimum atomic E-state index is -0.811. The van der Waals surface area contributed by atoms with E-state index >= 15 is 0 Å². The molecule has 0 aliphatic carbocycles. The quantitative estimate of drug-likeness (QED) is 0.0288. The molecule has 2 N–H and O–H groups in total. The Kier molecular flexibility index (Phi) is 38.4. The monoisotopic (exact) mass is 715 g/mol. The number of carbonyl (C=O) groups is 2. The van der Waals surface area contributed by atoms with Crippen LogP contribution in [0.1, 0.15) is 187 Å². The normalized spacial score (nSPS) is 13.4. The van der Waals surface area contributed by atoms with Crippen LogP contribution >= 0.6 is 0 Å².